The number of nitrogens with two attached hydrogens (primary N) is 1. The second kappa shape index (κ2) is 8.03. The Bertz CT molecular complexity index is 90.1. The van der Waals surface area contributed by atoms with Crippen molar-refractivity contribution in [2.45, 2.75) is 38.1 Å². The summed E-state index contributed by atoms with van der Waals surface area (Å²) in [6.07, 6.45) is 8.30. The van der Waals surface area contributed by atoms with Gasteiger partial charge >= 0.3 is 0 Å². The van der Waals surface area contributed by atoms with E-state index < -0.39 is 0 Å². The first-order chi connectivity index (χ1) is 5.35. The molecule has 0 aromatic heterocycles. The maximum Gasteiger partial charge on any atom is 0.00988 e. The molecule has 0 heterocycles. The number of hydrogen-bond donors (Lipinski definition) is 2. The van der Waals surface area contributed by atoms with Crippen molar-refractivity contribution in [3.05, 3.63) is 12.8 Å². The van der Waals surface area contributed by atoms with E-state index in [0.29, 0.717) is 0 Å². The van der Waals surface area contributed by atoms with Gasteiger partial charge in [0.2, 0.25) is 0 Å². The average molecular weight is 174 g/mol. The van der Waals surface area contributed by atoms with Crippen molar-refractivity contribution in [2.24, 2.45) is 5.73 Å². The molecule has 1 aliphatic rings. The van der Waals surface area contributed by atoms with Gasteiger partial charge in [0.15, 0.2) is 0 Å². The predicted octanol–water partition coefficient (Wildman–Crippen LogP) is 1.79. The van der Waals surface area contributed by atoms with Crippen LogP contribution < -0.4 is 10.8 Å². The van der Waals surface area contributed by atoms with E-state index in [0.717, 1.165) is 6.04 Å². The molecule has 0 bridgehead atoms. The molecule has 0 aromatic carbocycles. The third-order valence-corrected chi connectivity index (χ3v) is 2.31. The Morgan fingerprint density at radius 1 is 1.36 bits per heavy atom. The van der Waals surface area contributed by atoms with Gasteiger partial charge in [0.25, 0.3) is 0 Å². The molecule has 0 aliphatic heterocycles. The highest BCUT2D eigenvalue weighted by Gasteiger charge is 2.09. The molecule has 3 heteroatoms. The molecule has 0 saturated heterocycles. The zero-order chi connectivity index (χ0) is 8.53. The van der Waals surface area contributed by atoms with Crippen LogP contribution in [-0.4, -0.2) is 6.04 Å². The quantitative estimate of drug-likeness (QED) is 0.595. The molecule has 1 unspecified atom stereocenters. The minimum atomic E-state index is 0.800. The van der Waals surface area contributed by atoms with Crippen molar-refractivity contribution in [1.82, 2.24) is 5.09 Å². The molecule has 11 heavy (non-hydrogen) atoms. The zero-order valence-corrected chi connectivity index (χ0v) is 8.21. The van der Waals surface area contributed by atoms with E-state index in [1.165, 1.54) is 38.3 Å². The van der Waals surface area contributed by atoms with Gasteiger partial charge in [-0.05, 0) is 19.0 Å². The van der Waals surface area contributed by atoms with Gasteiger partial charge in [0.05, 0.1) is 0 Å². The van der Waals surface area contributed by atoms with E-state index in [1.54, 1.807) is 0 Å². The van der Waals surface area contributed by atoms with Crippen molar-refractivity contribution < 1.29 is 0 Å². The van der Waals surface area contributed by atoms with E-state index >= 15 is 0 Å². The lowest BCUT2D eigenvalue weighted by Gasteiger charge is -2.19. The van der Waals surface area contributed by atoms with Gasteiger partial charge in [-0.1, -0.05) is 35.2 Å². The van der Waals surface area contributed by atoms with Gasteiger partial charge in [-0.15, -0.1) is 0 Å². The van der Waals surface area contributed by atoms with Gasteiger partial charge in [0, 0.05) is 6.04 Å². The van der Waals surface area contributed by atoms with E-state index in [-0.39, 0.29) is 0 Å². The summed E-state index contributed by atoms with van der Waals surface area (Å²) in [6.45, 7) is 3.14. The first kappa shape index (κ1) is 10.9. The molecule has 0 radical (unpaired) electrons. The normalized spacial score (nSPS) is 18.3. The summed E-state index contributed by atoms with van der Waals surface area (Å²) in [4.78, 5) is 0. The summed E-state index contributed by atoms with van der Waals surface area (Å²) >= 11 is 0. The van der Waals surface area contributed by atoms with Crippen LogP contribution in [0, 0.1) is 0 Å². The number of rotatable bonds is 1. The predicted molar refractivity (Wildman–Crippen MR) is 54.1 cm³/mol. The van der Waals surface area contributed by atoms with Crippen LogP contribution in [0.15, 0.2) is 12.8 Å². The average Bonchev–Trinajstić information content (AvgIpc) is 2.08. The number of hydrogen-bond acceptors (Lipinski definition) is 2. The molecule has 1 fully saturated rings. The summed E-state index contributed by atoms with van der Waals surface area (Å²) in [5.41, 5.74) is 4.61. The van der Waals surface area contributed by atoms with E-state index in [4.69, 9.17) is 0 Å². The van der Waals surface area contributed by atoms with Gasteiger partial charge in [0.1, 0.15) is 0 Å². The Morgan fingerprint density at radius 3 is 2.09 bits per heavy atom. The minimum absolute atomic E-state index is 0.800. The smallest absolute Gasteiger partial charge is 0.00988 e. The van der Waals surface area contributed by atoms with Gasteiger partial charge in [-0.3, -0.25) is 5.09 Å². The fraction of sp³-hybridized carbons (Fsp3) is 0.750. The second-order valence-corrected chi connectivity index (χ2v) is 3.07. The van der Waals surface area contributed by atoms with Crippen LogP contribution in [0.3, 0.4) is 0 Å². The SMILES string of the molecule is C=CN.PNC1CCCCC1. The largest absolute Gasteiger partial charge is 0.405 e. The molecule has 1 saturated carbocycles. The van der Waals surface area contributed by atoms with E-state index in [1.807, 2.05) is 0 Å². The van der Waals surface area contributed by atoms with Crippen molar-refractivity contribution in [3.8, 4) is 0 Å². The molecular weight excluding hydrogens is 155 g/mol. The molecule has 1 aliphatic carbocycles. The van der Waals surface area contributed by atoms with Crippen LogP contribution in [0.25, 0.3) is 0 Å². The Hall–Kier alpha value is -0.0700. The summed E-state index contributed by atoms with van der Waals surface area (Å²) in [5.74, 6) is 0. The third kappa shape index (κ3) is 6.33. The topological polar surface area (TPSA) is 38.0 Å². The van der Waals surface area contributed by atoms with Crippen molar-refractivity contribution >= 4 is 9.39 Å². The fourth-order valence-corrected chi connectivity index (χ4v) is 1.60. The summed E-state index contributed by atoms with van der Waals surface area (Å²) in [7, 11) is 2.60. The lowest BCUT2D eigenvalue weighted by atomic mass is 9.96. The Kier molecular flexibility index (Phi) is 7.98. The van der Waals surface area contributed by atoms with Crippen molar-refractivity contribution in [1.29, 1.82) is 0 Å². The molecule has 66 valence electrons. The van der Waals surface area contributed by atoms with Crippen LogP contribution in [0.2, 0.25) is 0 Å². The van der Waals surface area contributed by atoms with Crippen LogP contribution in [0.5, 0.6) is 0 Å². The number of nitrogens with one attached hydrogen (secondary N) is 1. The maximum absolute atomic E-state index is 4.61. The molecular formula is C8H19N2P. The lowest BCUT2D eigenvalue weighted by molar-refractivity contribution is 0.423. The Balaban J connectivity index is 0.000000292. The van der Waals surface area contributed by atoms with Crippen molar-refractivity contribution in [2.75, 3.05) is 0 Å². The highest BCUT2D eigenvalue weighted by molar-refractivity contribution is 7.13. The standard InChI is InChI=1S/C6H14NP.C2H5N/c8-7-6-4-2-1-3-5-6;1-2-3/h6-7H,1-5,8H2;2H,1,3H2. The first-order valence-corrected chi connectivity index (χ1v) is 4.71. The molecule has 3 N–H and O–H groups in total. The molecule has 0 amide bonds. The third-order valence-electron chi connectivity index (χ3n) is 1.84. The summed E-state index contributed by atoms with van der Waals surface area (Å²) in [6, 6.07) is 0.800. The van der Waals surface area contributed by atoms with Crippen molar-refractivity contribution in [3.63, 3.8) is 0 Å². The monoisotopic (exact) mass is 174 g/mol. The zero-order valence-electron chi connectivity index (χ0n) is 7.05. The van der Waals surface area contributed by atoms with Gasteiger partial charge < -0.3 is 5.73 Å². The van der Waals surface area contributed by atoms with Crippen LogP contribution >= 0.6 is 9.39 Å². The fourth-order valence-electron chi connectivity index (χ4n) is 1.27. The first-order valence-electron chi connectivity index (χ1n) is 4.14. The maximum atomic E-state index is 4.61. The van der Waals surface area contributed by atoms with E-state index in [2.05, 4.69) is 26.8 Å². The van der Waals surface area contributed by atoms with Crippen LogP contribution in [-0.2, 0) is 0 Å². The van der Waals surface area contributed by atoms with E-state index in [9.17, 15) is 0 Å². The lowest BCUT2D eigenvalue weighted by Crippen LogP contribution is -2.22. The van der Waals surface area contributed by atoms with Crippen LogP contribution in [0.4, 0.5) is 0 Å². The Labute approximate surface area is 71.9 Å². The molecule has 2 nitrogen and oxygen atoms in total. The second-order valence-electron chi connectivity index (χ2n) is 2.74. The highest BCUT2D eigenvalue weighted by Crippen LogP contribution is 2.17. The van der Waals surface area contributed by atoms with Gasteiger partial charge in [-0.2, -0.15) is 0 Å². The minimum Gasteiger partial charge on any atom is -0.405 e. The molecule has 0 aromatic rings. The molecule has 1 rings (SSSR count). The summed E-state index contributed by atoms with van der Waals surface area (Å²) in [5, 5.41) is 3.22. The highest BCUT2D eigenvalue weighted by atomic mass is 31.0. The molecule has 0 spiro atoms. The van der Waals surface area contributed by atoms with Crippen LogP contribution in [0.1, 0.15) is 32.1 Å². The van der Waals surface area contributed by atoms with Gasteiger partial charge in [-0.25, -0.2) is 0 Å². The summed E-state index contributed by atoms with van der Waals surface area (Å²) < 4.78 is 0. The Morgan fingerprint density at radius 2 is 1.82 bits per heavy atom. The molecule has 1 atom stereocenters.